The molecule has 0 radical (unpaired) electrons. The molecule has 0 aliphatic heterocycles. The first-order valence-corrected chi connectivity index (χ1v) is 9.48. The van der Waals surface area contributed by atoms with E-state index in [4.69, 9.17) is 20.8 Å². The summed E-state index contributed by atoms with van der Waals surface area (Å²) < 4.78 is 11.1. The number of carbonyl (C=O) groups is 1. The molecule has 1 N–H and O–H groups in total. The van der Waals surface area contributed by atoms with Crippen molar-refractivity contribution in [3.63, 3.8) is 0 Å². The van der Waals surface area contributed by atoms with Gasteiger partial charge in [0.15, 0.2) is 11.7 Å². The molecule has 0 aliphatic carbocycles. The summed E-state index contributed by atoms with van der Waals surface area (Å²) in [7, 11) is 1.63. The van der Waals surface area contributed by atoms with Crippen molar-refractivity contribution in [1.29, 1.82) is 0 Å². The van der Waals surface area contributed by atoms with Crippen LogP contribution in [0.4, 0.5) is 0 Å². The zero-order valence-electron chi connectivity index (χ0n) is 16.2. The minimum Gasteiger partial charge on any atom is -0.496 e. The molecule has 1 atom stereocenters. The lowest BCUT2D eigenvalue weighted by Gasteiger charge is -2.18. The lowest BCUT2D eigenvalue weighted by Crippen LogP contribution is -2.27. The Morgan fingerprint density at radius 2 is 2.00 bits per heavy atom. The number of nitrogens with one attached hydrogen (secondary N) is 1. The third-order valence-electron chi connectivity index (χ3n) is 4.48. The monoisotopic (exact) mass is 398 g/mol. The molecule has 0 aliphatic rings. The second-order valence-corrected chi connectivity index (χ2v) is 7.10. The van der Waals surface area contributed by atoms with Gasteiger partial charge in [-0.05, 0) is 44.2 Å². The maximum absolute atomic E-state index is 12.4. The number of methoxy groups -OCH3 is 1. The number of nitrogens with zero attached hydrogens (tertiary/aromatic N) is 1. The van der Waals surface area contributed by atoms with Gasteiger partial charge in [-0.3, -0.25) is 4.79 Å². The summed E-state index contributed by atoms with van der Waals surface area (Å²) in [6, 6.07) is 13.1. The average molecular weight is 399 g/mol. The maximum Gasteiger partial charge on any atom is 0.220 e. The number of hydrogen-bond acceptors (Lipinski definition) is 4. The van der Waals surface area contributed by atoms with Crippen molar-refractivity contribution < 1.29 is 13.9 Å². The Morgan fingerprint density at radius 1 is 1.25 bits per heavy atom. The first-order valence-electron chi connectivity index (χ1n) is 9.11. The van der Waals surface area contributed by atoms with Crippen molar-refractivity contribution >= 4 is 17.5 Å². The van der Waals surface area contributed by atoms with Gasteiger partial charge in [0.2, 0.25) is 5.91 Å². The molecular formula is C22H23ClN2O3. The Hall–Kier alpha value is -2.79. The molecule has 28 heavy (non-hydrogen) atoms. The number of benzene rings is 2. The van der Waals surface area contributed by atoms with Crippen LogP contribution in [-0.2, 0) is 11.2 Å². The Morgan fingerprint density at radius 3 is 2.71 bits per heavy atom. The standard InChI is InChI=1S/C22H23ClN2O3/c1-14-4-9-19(27-3)18(12-14)15(2)25-21(26)10-11-22-24-13-20(28-22)16-5-7-17(23)8-6-16/h4-9,12-13,15H,10-11H2,1-3H3,(H,25,26). The van der Waals surface area contributed by atoms with E-state index in [1.54, 1.807) is 25.4 Å². The van der Waals surface area contributed by atoms with Crippen molar-refractivity contribution in [2.24, 2.45) is 0 Å². The van der Waals surface area contributed by atoms with Crippen LogP contribution in [0.15, 0.2) is 53.1 Å². The predicted molar refractivity (Wildman–Crippen MR) is 110 cm³/mol. The van der Waals surface area contributed by atoms with Crippen LogP contribution in [0.3, 0.4) is 0 Å². The molecule has 3 aromatic rings. The second kappa shape index (κ2) is 8.93. The first kappa shape index (κ1) is 20.0. The molecule has 1 heterocycles. The summed E-state index contributed by atoms with van der Waals surface area (Å²) >= 11 is 5.90. The van der Waals surface area contributed by atoms with Gasteiger partial charge in [0.05, 0.1) is 19.3 Å². The highest BCUT2D eigenvalue weighted by molar-refractivity contribution is 6.30. The summed E-state index contributed by atoms with van der Waals surface area (Å²) in [4.78, 5) is 16.6. The van der Waals surface area contributed by atoms with Crippen LogP contribution >= 0.6 is 11.6 Å². The van der Waals surface area contributed by atoms with E-state index in [9.17, 15) is 4.79 Å². The average Bonchev–Trinajstić information content (AvgIpc) is 3.16. The van der Waals surface area contributed by atoms with Gasteiger partial charge >= 0.3 is 0 Å². The van der Waals surface area contributed by atoms with E-state index in [0.717, 1.165) is 22.4 Å². The molecule has 0 saturated carbocycles. The van der Waals surface area contributed by atoms with E-state index in [0.29, 0.717) is 29.5 Å². The van der Waals surface area contributed by atoms with E-state index < -0.39 is 0 Å². The predicted octanol–water partition coefficient (Wildman–Crippen LogP) is 5.12. The Labute approximate surface area is 169 Å². The van der Waals surface area contributed by atoms with E-state index >= 15 is 0 Å². The fraction of sp³-hybridized carbons (Fsp3) is 0.273. The van der Waals surface area contributed by atoms with Crippen molar-refractivity contribution in [3.05, 3.63) is 70.7 Å². The van der Waals surface area contributed by atoms with Gasteiger partial charge in [-0.2, -0.15) is 0 Å². The van der Waals surface area contributed by atoms with E-state index in [1.807, 2.05) is 44.2 Å². The smallest absolute Gasteiger partial charge is 0.220 e. The molecule has 6 heteroatoms. The van der Waals surface area contributed by atoms with Gasteiger partial charge in [0.25, 0.3) is 0 Å². The summed E-state index contributed by atoms with van der Waals surface area (Å²) in [5.74, 6) is 1.88. The van der Waals surface area contributed by atoms with Crippen LogP contribution in [0.1, 0.15) is 36.4 Å². The maximum atomic E-state index is 12.4. The third kappa shape index (κ3) is 4.93. The molecular weight excluding hydrogens is 376 g/mol. The molecule has 146 valence electrons. The van der Waals surface area contributed by atoms with Gasteiger partial charge in [-0.1, -0.05) is 29.3 Å². The highest BCUT2D eigenvalue weighted by atomic mass is 35.5. The van der Waals surface area contributed by atoms with E-state index in [2.05, 4.69) is 10.3 Å². The van der Waals surface area contributed by atoms with Crippen LogP contribution in [0.25, 0.3) is 11.3 Å². The number of hydrogen-bond donors (Lipinski definition) is 1. The Bertz CT molecular complexity index is 951. The molecule has 0 bridgehead atoms. The molecule has 1 aromatic heterocycles. The lowest BCUT2D eigenvalue weighted by molar-refractivity contribution is -0.121. The van der Waals surface area contributed by atoms with Gasteiger partial charge in [-0.25, -0.2) is 4.98 Å². The van der Waals surface area contributed by atoms with Crippen LogP contribution in [-0.4, -0.2) is 18.0 Å². The van der Waals surface area contributed by atoms with Crippen LogP contribution in [0.5, 0.6) is 5.75 Å². The number of carbonyl (C=O) groups excluding carboxylic acids is 1. The topological polar surface area (TPSA) is 64.4 Å². The number of aromatic nitrogens is 1. The number of oxazole rings is 1. The summed E-state index contributed by atoms with van der Waals surface area (Å²) in [6.45, 7) is 3.96. The number of rotatable bonds is 7. The van der Waals surface area contributed by atoms with Gasteiger partial charge < -0.3 is 14.5 Å². The fourth-order valence-electron chi connectivity index (χ4n) is 2.98. The molecule has 0 saturated heterocycles. The highest BCUT2D eigenvalue weighted by Crippen LogP contribution is 2.26. The number of amides is 1. The minimum absolute atomic E-state index is 0.0673. The summed E-state index contributed by atoms with van der Waals surface area (Å²) in [6.07, 6.45) is 2.38. The normalized spacial score (nSPS) is 11.9. The highest BCUT2D eigenvalue weighted by Gasteiger charge is 2.15. The molecule has 0 spiro atoms. The van der Waals surface area contributed by atoms with Gasteiger partial charge in [0.1, 0.15) is 5.75 Å². The summed E-state index contributed by atoms with van der Waals surface area (Å²) in [5, 5.41) is 3.68. The molecule has 5 nitrogen and oxygen atoms in total. The van der Waals surface area contributed by atoms with Gasteiger partial charge in [-0.15, -0.1) is 0 Å². The van der Waals surface area contributed by atoms with Crippen LogP contribution < -0.4 is 10.1 Å². The SMILES string of the molecule is COc1ccc(C)cc1C(C)NC(=O)CCc1ncc(-c2ccc(Cl)cc2)o1. The van der Waals surface area contributed by atoms with E-state index in [1.165, 1.54) is 0 Å². The molecule has 2 aromatic carbocycles. The van der Waals surface area contributed by atoms with Crippen LogP contribution in [0, 0.1) is 6.92 Å². The number of ether oxygens (including phenoxy) is 1. The van der Waals surface area contributed by atoms with E-state index in [-0.39, 0.29) is 11.9 Å². The van der Waals surface area contributed by atoms with Crippen molar-refractivity contribution in [2.45, 2.75) is 32.7 Å². The quantitative estimate of drug-likeness (QED) is 0.599. The fourth-order valence-corrected chi connectivity index (χ4v) is 3.10. The molecule has 1 unspecified atom stereocenters. The van der Waals surface area contributed by atoms with Crippen molar-refractivity contribution in [1.82, 2.24) is 10.3 Å². The van der Waals surface area contributed by atoms with Crippen LogP contribution in [0.2, 0.25) is 5.02 Å². The lowest BCUT2D eigenvalue weighted by atomic mass is 10.0. The molecule has 0 fully saturated rings. The third-order valence-corrected chi connectivity index (χ3v) is 4.73. The number of aryl methyl sites for hydroxylation is 2. The molecule has 1 amide bonds. The zero-order valence-corrected chi connectivity index (χ0v) is 16.9. The number of halogens is 1. The second-order valence-electron chi connectivity index (χ2n) is 6.66. The Kier molecular flexibility index (Phi) is 6.37. The largest absolute Gasteiger partial charge is 0.496 e. The van der Waals surface area contributed by atoms with Gasteiger partial charge in [0, 0.05) is 29.0 Å². The first-order chi connectivity index (χ1) is 13.5. The van der Waals surface area contributed by atoms with Crippen molar-refractivity contribution in [2.75, 3.05) is 7.11 Å². The Balaban J connectivity index is 1.57. The molecule has 3 rings (SSSR count). The zero-order chi connectivity index (χ0) is 20.1. The summed E-state index contributed by atoms with van der Waals surface area (Å²) in [5.41, 5.74) is 2.97. The minimum atomic E-state index is -0.156. The van der Waals surface area contributed by atoms with Crippen molar-refractivity contribution in [3.8, 4) is 17.1 Å².